The topological polar surface area (TPSA) is 87.9 Å². The minimum atomic E-state index is -0.646. The zero-order chi connectivity index (χ0) is 27.9. The van der Waals surface area contributed by atoms with Crippen LogP contribution in [-0.4, -0.2) is 56.8 Å². The smallest absolute Gasteiger partial charge is 0.411 e. The third kappa shape index (κ3) is 3.65. The molecule has 6 rings (SSSR count). The van der Waals surface area contributed by atoms with Gasteiger partial charge in [0.05, 0.1) is 16.4 Å². The van der Waals surface area contributed by atoms with Crippen LogP contribution < -0.4 is 5.43 Å². The summed E-state index contributed by atoms with van der Waals surface area (Å²) < 4.78 is 7.94. The maximum Gasteiger partial charge on any atom is 0.411 e. The highest BCUT2D eigenvalue weighted by molar-refractivity contribution is 6.01. The second-order valence-electron chi connectivity index (χ2n) is 12.1. The number of carbonyl (C=O) groups excluding carboxylic acids is 1. The van der Waals surface area contributed by atoms with Gasteiger partial charge in [0.25, 0.3) is 0 Å². The molecule has 0 spiro atoms. The van der Waals surface area contributed by atoms with E-state index in [4.69, 9.17) is 9.72 Å². The average molecular weight is 527 g/mol. The molecule has 2 atom stereocenters. The highest BCUT2D eigenvalue weighted by Crippen LogP contribution is 2.57. The summed E-state index contributed by atoms with van der Waals surface area (Å²) in [4.78, 5) is 36.4. The van der Waals surface area contributed by atoms with Gasteiger partial charge in [-0.3, -0.25) is 9.69 Å². The minimum absolute atomic E-state index is 0.107. The van der Waals surface area contributed by atoms with Crippen LogP contribution in [0, 0.1) is 0 Å². The molecule has 4 aromatic rings. The number of aromatic hydroxyl groups is 1. The van der Waals surface area contributed by atoms with E-state index in [9.17, 15) is 14.7 Å². The lowest BCUT2D eigenvalue weighted by molar-refractivity contribution is 0.0131. The minimum Gasteiger partial charge on any atom is -0.508 e. The van der Waals surface area contributed by atoms with Gasteiger partial charge in [0.1, 0.15) is 23.2 Å². The number of benzene rings is 2. The molecule has 39 heavy (non-hydrogen) atoms. The number of aromatic nitrogens is 2. The first-order chi connectivity index (χ1) is 18.5. The molecular formula is C31H34N4O4. The molecule has 1 saturated heterocycles. The van der Waals surface area contributed by atoms with Crippen LogP contribution >= 0.6 is 0 Å². The average Bonchev–Trinajstić information content (AvgIpc) is 3.36. The highest BCUT2D eigenvalue weighted by atomic mass is 16.6. The van der Waals surface area contributed by atoms with E-state index in [1.165, 1.54) is 0 Å². The van der Waals surface area contributed by atoms with E-state index in [-0.39, 0.29) is 17.3 Å². The predicted molar refractivity (Wildman–Crippen MR) is 153 cm³/mol. The van der Waals surface area contributed by atoms with E-state index in [2.05, 4.69) is 17.2 Å². The van der Waals surface area contributed by atoms with E-state index < -0.39 is 17.2 Å². The Hall–Kier alpha value is -3.91. The Bertz CT molecular complexity index is 1750. The lowest BCUT2D eigenvalue weighted by Crippen LogP contribution is -2.41. The van der Waals surface area contributed by atoms with E-state index >= 15 is 0 Å². The molecule has 0 saturated carbocycles. The van der Waals surface area contributed by atoms with Gasteiger partial charge in [0, 0.05) is 34.8 Å². The third-order valence-electron chi connectivity index (χ3n) is 8.04. The fourth-order valence-corrected chi connectivity index (χ4v) is 6.61. The quantitative estimate of drug-likeness (QED) is 0.282. The van der Waals surface area contributed by atoms with Crippen molar-refractivity contribution in [1.82, 2.24) is 19.4 Å². The van der Waals surface area contributed by atoms with Crippen molar-refractivity contribution in [1.29, 1.82) is 0 Å². The number of nitrogens with zero attached hydrogens (tertiary/aromatic N) is 4. The molecule has 0 radical (unpaired) electrons. The van der Waals surface area contributed by atoms with Gasteiger partial charge in [0.2, 0.25) is 0 Å². The Morgan fingerprint density at radius 2 is 2.00 bits per heavy atom. The molecule has 2 aromatic carbocycles. The predicted octanol–water partition coefficient (Wildman–Crippen LogP) is 5.44. The number of rotatable bonds is 4. The number of fused-ring (bicyclic) bond motifs is 6. The van der Waals surface area contributed by atoms with E-state index in [0.29, 0.717) is 47.9 Å². The molecule has 202 valence electrons. The lowest BCUT2D eigenvalue weighted by Gasteiger charge is -2.35. The van der Waals surface area contributed by atoms with Crippen molar-refractivity contribution in [3.8, 4) is 5.75 Å². The van der Waals surface area contributed by atoms with E-state index in [1.54, 1.807) is 17.0 Å². The van der Waals surface area contributed by atoms with Crippen molar-refractivity contribution in [2.75, 3.05) is 20.6 Å². The number of hydrogen-bond donors (Lipinski definition) is 1. The second-order valence-corrected chi connectivity index (χ2v) is 12.1. The maximum atomic E-state index is 14.0. The van der Waals surface area contributed by atoms with Gasteiger partial charge in [-0.1, -0.05) is 18.2 Å². The summed E-state index contributed by atoms with van der Waals surface area (Å²) >= 11 is 0. The van der Waals surface area contributed by atoms with Crippen LogP contribution in [0.2, 0.25) is 0 Å². The Balaban J connectivity index is 1.70. The molecule has 0 bridgehead atoms. The van der Waals surface area contributed by atoms with Crippen LogP contribution in [-0.2, 0) is 16.7 Å². The van der Waals surface area contributed by atoms with Crippen LogP contribution in [0.25, 0.3) is 32.8 Å². The number of amides is 1. The van der Waals surface area contributed by atoms with Crippen molar-refractivity contribution in [2.45, 2.75) is 57.3 Å². The molecule has 2 aliphatic heterocycles. The molecule has 2 aliphatic rings. The van der Waals surface area contributed by atoms with Crippen LogP contribution in [0.3, 0.4) is 0 Å². The first-order valence-corrected chi connectivity index (χ1v) is 13.3. The van der Waals surface area contributed by atoms with Crippen LogP contribution in [0.4, 0.5) is 4.79 Å². The second kappa shape index (κ2) is 8.55. The summed E-state index contributed by atoms with van der Waals surface area (Å²) in [5.74, 6) is 0.168. The number of para-hydroxylation sites is 1. The summed E-state index contributed by atoms with van der Waals surface area (Å²) in [5, 5.41) is 12.5. The zero-order valence-corrected chi connectivity index (χ0v) is 23.1. The first-order valence-electron chi connectivity index (χ1n) is 13.3. The normalized spacial score (nSPS) is 20.4. The highest BCUT2D eigenvalue weighted by Gasteiger charge is 2.56. The fourth-order valence-electron chi connectivity index (χ4n) is 6.61. The van der Waals surface area contributed by atoms with Gasteiger partial charge in [-0.05, 0) is 77.5 Å². The molecule has 4 heterocycles. The molecular weight excluding hydrogens is 492 g/mol. The Morgan fingerprint density at radius 3 is 2.69 bits per heavy atom. The monoisotopic (exact) mass is 526 g/mol. The number of ether oxygens (including phenoxy) is 1. The lowest BCUT2D eigenvalue weighted by atomic mass is 9.76. The van der Waals surface area contributed by atoms with Crippen LogP contribution in [0.5, 0.6) is 5.75 Å². The summed E-state index contributed by atoms with van der Waals surface area (Å²) in [5.41, 5.74) is 2.58. The fraction of sp³-hybridized carbons (Fsp3) is 0.387. The maximum absolute atomic E-state index is 14.0. The van der Waals surface area contributed by atoms with E-state index in [1.807, 2.05) is 64.0 Å². The van der Waals surface area contributed by atoms with Gasteiger partial charge in [-0.2, -0.15) is 0 Å². The van der Waals surface area contributed by atoms with Crippen LogP contribution in [0.15, 0.2) is 53.8 Å². The SMILES string of the molecule is C=CC[C@@]12CCN(C(=O)OC(C)(C)C)[C@@H]1n1c3nc4ccc(O)c(CN(C)C)c4cc3c(=O)c3cccc2c31. The molecule has 8 heteroatoms. The molecule has 2 aromatic heterocycles. The standard InChI is InChI=1S/C31H34N4O4/c1-7-13-31-14-15-34(29(38)39-30(2,3)4)28(31)35-25-18(9-8-10-22(25)31)26(37)20-16-19-21(17-33(5)6)24(36)12-11-23(19)32-27(20)35/h7-12,16,28,36H,1,13-15,17H2,2-6H3/t28-,31+/m1/s1. The first kappa shape index (κ1) is 25.4. The molecule has 8 nitrogen and oxygen atoms in total. The van der Waals surface area contributed by atoms with E-state index in [0.717, 1.165) is 22.0 Å². The number of phenols is 1. The molecule has 1 N–H and O–H groups in total. The number of likely N-dealkylation sites (tertiary alicyclic amines) is 1. The zero-order valence-electron chi connectivity index (χ0n) is 23.1. The Labute approximate surface area is 227 Å². The molecule has 0 unspecified atom stereocenters. The van der Waals surface area contributed by atoms with Crippen molar-refractivity contribution < 1.29 is 14.6 Å². The van der Waals surface area contributed by atoms with Crippen molar-refractivity contribution >= 4 is 38.9 Å². The Kier molecular flexibility index (Phi) is 5.56. The van der Waals surface area contributed by atoms with Crippen molar-refractivity contribution in [2.24, 2.45) is 0 Å². The number of hydrogen-bond acceptors (Lipinski definition) is 6. The number of allylic oxidation sites excluding steroid dienone is 1. The largest absolute Gasteiger partial charge is 0.508 e. The van der Waals surface area contributed by atoms with Gasteiger partial charge in [-0.15, -0.1) is 6.58 Å². The summed E-state index contributed by atoms with van der Waals surface area (Å²) in [7, 11) is 3.86. The summed E-state index contributed by atoms with van der Waals surface area (Å²) in [6.07, 6.45) is 2.45. The number of pyridine rings is 2. The third-order valence-corrected chi connectivity index (χ3v) is 8.04. The van der Waals surface area contributed by atoms with Gasteiger partial charge in [0.15, 0.2) is 5.43 Å². The number of carbonyl (C=O) groups is 1. The molecule has 1 amide bonds. The Morgan fingerprint density at radius 1 is 1.23 bits per heavy atom. The van der Waals surface area contributed by atoms with Crippen molar-refractivity contribution in [3.63, 3.8) is 0 Å². The summed E-state index contributed by atoms with van der Waals surface area (Å²) in [6.45, 7) is 10.7. The van der Waals surface area contributed by atoms with Crippen molar-refractivity contribution in [3.05, 3.63) is 70.4 Å². The molecule has 0 aliphatic carbocycles. The molecule has 1 fully saturated rings. The van der Waals surface area contributed by atoms with Gasteiger partial charge in [-0.25, -0.2) is 9.78 Å². The van der Waals surface area contributed by atoms with Crippen LogP contribution in [0.1, 0.15) is 50.9 Å². The number of phenolic OH excluding ortho intramolecular Hbond substituents is 1. The summed E-state index contributed by atoms with van der Waals surface area (Å²) in [6, 6.07) is 11.1. The van der Waals surface area contributed by atoms with Gasteiger partial charge >= 0.3 is 6.09 Å². The van der Waals surface area contributed by atoms with Gasteiger partial charge < -0.3 is 19.3 Å².